The number of nitro groups is 1. The molecule has 0 amide bonds. The van der Waals surface area contributed by atoms with Gasteiger partial charge in [0.1, 0.15) is 5.75 Å². The number of aromatic hydroxyl groups is 1. The number of rotatable bonds is 4. The summed E-state index contributed by atoms with van der Waals surface area (Å²) in [4.78, 5) is 14.7. The number of phenolic OH excluding ortho intramolecular Hbond substituents is 1. The summed E-state index contributed by atoms with van der Waals surface area (Å²) in [6.45, 7) is 0. The van der Waals surface area contributed by atoms with E-state index in [1.165, 1.54) is 12.1 Å². The molecule has 3 aromatic carbocycles. The summed E-state index contributed by atoms with van der Waals surface area (Å²) in [5.41, 5.74) is 3.33. The molecule has 0 spiro atoms. The molecule has 3 aromatic rings. The first-order valence-electron chi connectivity index (χ1n) is 7.30. The quantitative estimate of drug-likeness (QED) is 0.429. The van der Waals surface area contributed by atoms with Crippen LogP contribution in [-0.2, 0) is 0 Å². The van der Waals surface area contributed by atoms with Gasteiger partial charge < -0.3 is 5.11 Å². The van der Waals surface area contributed by atoms with Crippen LogP contribution in [0.2, 0.25) is 0 Å². The molecule has 0 unspecified atom stereocenters. The maximum absolute atomic E-state index is 10.7. The molecule has 0 atom stereocenters. The molecule has 0 saturated carbocycles. The normalized spacial score (nSPS) is 10.8. The number of phenols is 1. The van der Waals surface area contributed by atoms with Gasteiger partial charge in [0.2, 0.25) is 0 Å². The van der Waals surface area contributed by atoms with Crippen molar-refractivity contribution in [2.24, 2.45) is 4.99 Å². The van der Waals surface area contributed by atoms with Crippen LogP contribution in [-0.4, -0.2) is 16.2 Å². The van der Waals surface area contributed by atoms with Crippen molar-refractivity contribution in [1.29, 1.82) is 0 Å². The Balaban J connectivity index is 1.91. The molecule has 0 aliphatic rings. The van der Waals surface area contributed by atoms with E-state index in [0.29, 0.717) is 0 Å². The zero-order chi connectivity index (χ0) is 16.9. The Bertz CT molecular complexity index is 902. The maximum atomic E-state index is 10.7. The van der Waals surface area contributed by atoms with Crippen molar-refractivity contribution >= 4 is 17.6 Å². The molecule has 1 N–H and O–H groups in total. The largest absolute Gasteiger partial charge is 0.508 e. The number of hydrogen-bond acceptors (Lipinski definition) is 4. The molecule has 3 rings (SSSR count). The number of para-hydroxylation sites is 1. The third-order valence-electron chi connectivity index (χ3n) is 3.52. The van der Waals surface area contributed by atoms with E-state index in [0.717, 1.165) is 22.4 Å². The minimum absolute atomic E-state index is 0.0484. The van der Waals surface area contributed by atoms with Crippen LogP contribution in [0.4, 0.5) is 11.4 Å². The zero-order valence-electron chi connectivity index (χ0n) is 12.7. The second-order valence-electron chi connectivity index (χ2n) is 5.17. The van der Waals surface area contributed by atoms with E-state index >= 15 is 0 Å². The second-order valence-corrected chi connectivity index (χ2v) is 5.17. The molecule has 24 heavy (non-hydrogen) atoms. The Labute approximate surface area is 138 Å². The average molecular weight is 318 g/mol. The third-order valence-corrected chi connectivity index (χ3v) is 3.52. The van der Waals surface area contributed by atoms with E-state index in [4.69, 9.17) is 0 Å². The first kappa shape index (κ1) is 15.4. The highest BCUT2D eigenvalue weighted by molar-refractivity contribution is 5.86. The average Bonchev–Trinajstić information content (AvgIpc) is 2.60. The van der Waals surface area contributed by atoms with E-state index in [1.807, 2.05) is 30.3 Å². The predicted molar refractivity (Wildman–Crippen MR) is 93.9 cm³/mol. The van der Waals surface area contributed by atoms with Gasteiger partial charge >= 0.3 is 0 Å². The lowest BCUT2D eigenvalue weighted by atomic mass is 10.0. The number of benzene rings is 3. The molecule has 0 heterocycles. The van der Waals surface area contributed by atoms with Crippen LogP contribution in [0, 0.1) is 10.1 Å². The minimum Gasteiger partial charge on any atom is -0.508 e. The van der Waals surface area contributed by atoms with Crippen LogP contribution >= 0.6 is 0 Å². The molecule has 118 valence electrons. The highest BCUT2D eigenvalue weighted by atomic mass is 16.6. The summed E-state index contributed by atoms with van der Waals surface area (Å²) >= 11 is 0. The molecule has 5 heteroatoms. The number of nitro benzene ring substituents is 1. The van der Waals surface area contributed by atoms with E-state index in [2.05, 4.69) is 4.99 Å². The Morgan fingerprint density at radius 1 is 0.958 bits per heavy atom. The second kappa shape index (κ2) is 6.75. The molecule has 0 fully saturated rings. The molecule has 0 aliphatic heterocycles. The minimum atomic E-state index is -0.432. The van der Waals surface area contributed by atoms with Gasteiger partial charge in [0, 0.05) is 23.9 Å². The third kappa shape index (κ3) is 3.47. The van der Waals surface area contributed by atoms with Crippen molar-refractivity contribution in [2.75, 3.05) is 0 Å². The topological polar surface area (TPSA) is 75.7 Å². The van der Waals surface area contributed by atoms with E-state index < -0.39 is 4.92 Å². The van der Waals surface area contributed by atoms with Crippen LogP contribution in [0.1, 0.15) is 5.56 Å². The van der Waals surface area contributed by atoms with Crippen molar-refractivity contribution in [3.8, 4) is 16.9 Å². The molecule has 0 aromatic heterocycles. The fourth-order valence-corrected chi connectivity index (χ4v) is 2.33. The van der Waals surface area contributed by atoms with Gasteiger partial charge in [-0.3, -0.25) is 15.1 Å². The van der Waals surface area contributed by atoms with Crippen molar-refractivity contribution in [3.63, 3.8) is 0 Å². The number of hydrogen-bond donors (Lipinski definition) is 1. The Hall–Kier alpha value is -3.47. The smallest absolute Gasteiger partial charge is 0.269 e. The summed E-state index contributed by atoms with van der Waals surface area (Å²) in [7, 11) is 0. The first-order valence-corrected chi connectivity index (χ1v) is 7.30. The number of aliphatic imine (C=N–C) groups is 1. The summed E-state index contributed by atoms with van der Waals surface area (Å²) in [6.07, 6.45) is 1.66. The lowest BCUT2D eigenvalue weighted by Crippen LogP contribution is -1.88. The molecular weight excluding hydrogens is 304 g/mol. The van der Waals surface area contributed by atoms with Crippen LogP contribution in [0.25, 0.3) is 11.1 Å². The summed E-state index contributed by atoms with van der Waals surface area (Å²) in [5, 5.41) is 20.3. The van der Waals surface area contributed by atoms with Crippen LogP contribution in [0.15, 0.2) is 77.8 Å². The molecule has 5 nitrogen and oxygen atoms in total. The van der Waals surface area contributed by atoms with Gasteiger partial charge in [-0.05, 0) is 41.5 Å². The maximum Gasteiger partial charge on any atom is 0.269 e. The predicted octanol–water partition coefficient (Wildman–Crippen LogP) is 4.72. The van der Waals surface area contributed by atoms with Crippen molar-refractivity contribution in [2.45, 2.75) is 0 Å². The highest BCUT2D eigenvalue weighted by Crippen LogP contribution is 2.31. The van der Waals surface area contributed by atoms with Crippen LogP contribution in [0.3, 0.4) is 0 Å². The number of nitrogens with zero attached hydrogens (tertiary/aromatic N) is 2. The highest BCUT2D eigenvalue weighted by Gasteiger charge is 2.05. The van der Waals surface area contributed by atoms with Gasteiger partial charge in [-0.15, -0.1) is 0 Å². The lowest BCUT2D eigenvalue weighted by Gasteiger charge is -2.06. The first-order chi connectivity index (χ1) is 11.6. The van der Waals surface area contributed by atoms with Crippen molar-refractivity contribution < 1.29 is 10.0 Å². The fourth-order valence-electron chi connectivity index (χ4n) is 2.33. The lowest BCUT2D eigenvalue weighted by molar-refractivity contribution is -0.384. The van der Waals surface area contributed by atoms with Gasteiger partial charge in [-0.1, -0.05) is 30.3 Å². The van der Waals surface area contributed by atoms with Gasteiger partial charge in [0.15, 0.2) is 0 Å². The van der Waals surface area contributed by atoms with Gasteiger partial charge in [0.25, 0.3) is 5.69 Å². The van der Waals surface area contributed by atoms with Gasteiger partial charge in [-0.2, -0.15) is 0 Å². The van der Waals surface area contributed by atoms with Crippen molar-refractivity contribution in [1.82, 2.24) is 0 Å². The zero-order valence-corrected chi connectivity index (χ0v) is 12.7. The van der Waals surface area contributed by atoms with Crippen LogP contribution in [0.5, 0.6) is 5.75 Å². The monoisotopic (exact) mass is 318 g/mol. The van der Waals surface area contributed by atoms with E-state index in [9.17, 15) is 15.2 Å². The van der Waals surface area contributed by atoms with Crippen LogP contribution < -0.4 is 0 Å². The summed E-state index contributed by atoms with van der Waals surface area (Å²) < 4.78 is 0. The molecule has 0 aliphatic carbocycles. The van der Waals surface area contributed by atoms with E-state index in [1.54, 1.807) is 36.5 Å². The molecular formula is C19H14N2O3. The molecule has 0 bridgehead atoms. The fraction of sp³-hybridized carbons (Fsp3) is 0. The van der Waals surface area contributed by atoms with Gasteiger partial charge in [-0.25, -0.2) is 0 Å². The Morgan fingerprint density at radius 2 is 1.71 bits per heavy atom. The number of non-ortho nitro benzene ring substituents is 1. The summed E-state index contributed by atoms with van der Waals surface area (Å²) in [5.74, 6) is 0.196. The standard InChI is InChI=1S/C19H14N2O3/c22-17-5-3-4-15(12-17)18-6-1-2-7-19(18)20-13-14-8-10-16(11-9-14)21(23)24/h1-13,22H. The molecule has 0 radical (unpaired) electrons. The van der Waals surface area contributed by atoms with E-state index in [-0.39, 0.29) is 11.4 Å². The summed E-state index contributed by atoms with van der Waals surface area (Å²) in [6, 6.07) is 20.8. The van der Waals surface area contributed by atoms with Crippen molar-refractivity contribution in [3.05, 3.63) is 88.5 Å². The Kier molecular flexibility index (Phi) is 4.34. The SMILES string of the molecule is O=[N+]([O-])c1ccc(C=Nc2ccccc2-c2cccc(O)c2)cc1. The molecule has 0 saturated heterocycles. The van der Waals surface area contributed by atoms with Gasteiger partial charge in [0.05, 0.1) is 10.6 Å². The Morgan fingerprint density at radius 3 is 2.42 bits per heavy atom.